The summed E-state index contributed by atoms with van der Waals surface area (Å²) < 4.78 is 1.07. The number of halogens is 1. The van der Waals surface area contributed by atoms with Crippen LogP contribution in [0, 0.1) is 13.8 Å². The van der Waals surface area contributed by atoms with Gasteiger partial charge in [0, 0.05) is 27.8 Å². The SMILES string of the molecule is CCCNc1c(C(C)C)c(C)nc2c(Br)cc(C)cc12. The Morgan fingerprint density at radius 3 is 2.55 bits per heavy atom. The number of aromatic nitrogens is 1. The molecule has 0 saturated heterocycles. The summed E-state index contributed by atoms with van der Waals surface area (Å²) in [6, 6.07) is 4.36. The van der Waals surface area contributed by atoms with Crippen molar-refractivity contribution in [2.75, 3.05) is 11.9 Å². The molecule has 0 unspecified atom stereocenters. The van der Waals surface area contributed by atoms with Crippen molar-refractivity contribution in [3.05, 3.63) is 33.4 Å². The fraction of sp³-hybridized carbons (Fsp3) is 0.471. The lowest BCUT2D eigenvalue weighted by atomic mass is 9.96. The third kappa shape index (κ3) is 2.83. The molecule has 0 aliphatic heterocycles. The quantitative estimate of drug-likeness (QED) is 0.791. The predicted molar refractivity (Wildman–Crippen MR) is 91.8 cm³/mol. The molecule has 0 aliphatic carbocycles. The number of fused-ring (bicyclic) bond motifs is 1. The second-order valence-corrected chi connectivity index (χ2v) is 6.56. The second kappa shape index (κ2) is 6.13. The van der Waals surface area contributed by atoms with Gasteiger partial charge in [-0.05, 0) is 65.4 Å². The molecule has 0 bridgehead atoms. The number of benzene rings is 1. The van der Waals surface area contributed by atoms with E-state index in [-0.39, 0.29) is 0 Å². The summed E-state index contributed by atoms with van der Waals surface area (Å²) in [5, 5.41) is 4.84. The number of pyridine rings is 1. The molecule has 108 valence electrons. The molecular formula is C17H23BrN2. The monoisotopic (exact) mass is 334 g/mol. The lowest BCUT2D eigenvalue weighted by Gasteiger charge is -2.20. The summed E-state index contributed by atoms with van der Waals surface area (Å²) in [4.78, 5) is 4.82. The van der Waals surface area contributed by atoms with Crippen LogP contribution in [0.4, 0.5) is 5.69 Å². The van der Waals surface area contributed by atoms with E-state index in [9.17, 15) is 0 Å². The molecular weight excluding hydrogens is 312 g/mol. The Morgan fingerprint density at radius 2 is 1.95 bits per heavy atom. The van der Waals surface area contributed by atoms with E-state index < -0.39 is 0 Å². The summed E-state index contributed by atoms with van der Waals surface area (Å²) in [6.07, 6.45) is 1.12. The topological polar surface area (TPSA) is 24.9 Å². The lowest BCUT2D eigenvalue weighted by molar-refractivity contribution is 0.844. The van der Waals surface area contributed by atoms with Crippen molar-refractivity contribution < 1.29 is 0 Å². The molecule has 1 heterocycles. The Bertz CT molecular complexity index is 633. The first-order chi connectivity index (χ1) is 9.45. The molecule has 0 aliphatic rings. The Labute approximate surface area is 130 Å². The maximum Gasteiger partial charge on any atom is 0.0868 e. The molecule has 2 rings (SSSR count). The van der Waals surface area contributed by atoms with Crippen molar-refractivity contribution in [3.8, 4) is 0 Å². The number of nitrogens with one attached hydrogen (secondary N) is 1. The molecule has 20 heavy (non-hydrogen) atoms. The van der Waals surface area contributed by atoms with Crippen LogP contribution in [0.3, 0.4) is 0 Å². The Morgan fingerprint density at radius 1 is 1.25 bits per heavy atom. The highest BCUT2D eigenvalue weighted by Gasteiger charge is 2.16. The van der Waals surface area contributed by atoms with E-state index in [1.807, 2.05) is 0 Å². The van der Waals surface area contributed by atoms with E-state index in [1.54, 1.807) is 0 Å². The normalized spacial score (nSPS) is 11.3. The van der Waals surface area contributed by atoms with Gasteiger partial charge in [-0.3, -0.25) is 4.98 Å². The van der Waals surface area contributed by atoms with Crippen LogP contribution in [0.25, 0.3) is 10.9 Å². The molecule has 0 radical (unpaired) electrons. The molecule has 0 saturated carbocycles. The van der Waals surface area contributed by atoms with E-state index in [0.717, 1.165) is 28.6 Å². The van der Waals surface area contributed by atoms with Gasteiger partial charge >= 0.3 is 0 Å². The maximum absolute atomic E-state index is 4.82. The van der Waals surface area contributed by atoms with Gasteiger partial charge in [-0.1, -0.05) is 20.8 Å². The van der Waals surface area contributed by atoms with Crippen molar-refractivity contribution in [1.82, 2.24) is 4.98 Å². The first kappa shape index (κ1) is 15.3. The van der Waals surface area contributed by atoms with Gasteiger partial charge in [0.2, 0.25) is 0 Å². The van der Waals surface area contributed by atoms with Gasteiger partial charge in [0.25, 0.3) is 0 Å². The molecule has 1 aromatic heterocycles. The van der Waals surface area contributed by atoms with E-state index in [2.05, 4.69) is 68.0 Å². The van der Waals surface area contributed by atoms with Gasteiger partial charge in [-0.15, -0.1) is 0 Å². The molecule has 2 nitrogen and oxygen atoms in total. The molecule has 3 heteroatoms. The summed E-state index contributed by atoms with van der Waals surface area (Å²) in [6.45, 7) is 11.9. The minimum absolute atomic E-state index is 0.463. The summed E-state index contributed by atoms with van der Waals surface area (Å²) in [7, 11) is 0. The van der Waals surface area contributed by atoms with E-state index in [4.69, 9.17) is 4.98 Å². The highest BCUT2D eigenvalue weighted by Crippen LogP contribution is 2.36. The standard InChI is InChI=1S/C17H23BrN2/c1-6-7-19-17-13-8-11(4)9-14(18)16(13)20-12(5)15(17)10(2)3/h8-10H,6-7H2,1-5H3,(H,19,20). The third-order valence-corrected chi connectivity index (χ3v) is 4.15. The van der Waals surface area contributed by atoms with Gasteiger partial charge in [-0.2, -0.15) is 0 Å². The molecule has 2 aromatic rings. The average molecular weight is 335 g/mol. The molecule has 0 amide bonds. The fourth-order valence-electron chi connectivity index (χ4n) is 2.74. The zero-order valence-corrected chi connectivity index (χ0v) is 14.6. The van der Waals surface area contributed by atoms with Crippen LogP contribution >= 0.6 is 15.9 Å². The largest absolute Gasteiger partial charge is 0.384 e. The first-order valence-electron chi connectivity index (χ1n) is 7.29. The predicted octanol–water partition coefficient (Wildman–Crippen LogP) is 5.56. The van der Waals surface area contributed by atoms with Crippen molar-refractivity contribution in [3.63, 3.8) is 0 Å². The van der Waals surface area contributed by atoms with Gasteiger partial charge in [-0.25, -0.2) is 0 Å². The maximum atomic E-state index is 4.82. The van der Waals surface area contributed by atoms with Crippen LogP contribution in [-0.4, -0.2) is 11.5 Å². The number of nitrogens with zero attached hydrogens (tertiary/aromatic N) is 1. The number of hydrogen-bond donors (Lipinski definition) is 1. The number of aryl methyl sites for hydroxylation is 2. The third-order valence-electron chi connectivity index (χ3n) is 3.54. The number of anilines is 1. The van der Waals surface area contributed by atoms with Crippen molar-refractivity contribution in [1.29, 1.82) is 0 Å². The molecule has 0 fully saturated rings. The average Bonchev–Trinajstić information content (AvgIpc) is 2.36. The summed E-state index contributed by atoms with van der Waals surface area (Å²) >= 11 is 3.66. The first-order valence-corrected chi connectivity index (χ1v) is 8.09. The highest BCUT2D eigenvalue weighted by atomic mass is 79.9. The van der Waals surface area contributed by atoms with Crippen LogP contribution in [0.1, 0.15) is 49.9 Å². The van der Waals surface area contributed by atoms with E-state index in [0.29, 0.717) is 5.92 Å². The lowest BCUT2D eigenvalue weighted by Crippen LogP contribution is -2.08. The van der Waals surface area contributed by atoms with Gasteiger partial charge < -0.3 is 5.32 Å². The van der Waals surface area contributed by atoms with Crippen molar-refractivity contribution in [2.45, 2.75) is 47.0 Å². The minimum Gasteiger partial charge on any atom is -0.384 e. The van der Waals surface area contributed by atoms with E-state index >= 15 is 0 Å². The van der Waals surface area contributed by atoms with Crippen LogP contribution < -0.4 is 5.32 Å². The van der Waals surface area contributed by atoms with Crippen LogP contribution in [0.2, 0.25) is 0 Å². The molecule has 1 N–H and O–H groups in total. The zero-order valence-electron chi connectivity index (χ0n) is 13.0. The van der Waals surface area contributed by atoms with E-state index in [1.165, 1.54) is 22.2 Å². The minimum atomic E-state index is 0.463. The Balaban J connectivity index is 2.80. The highest BCUT2D eigenvalue weighted by molar-refractivity contribution is 9.10. The van der Waals surface area contributed by atoms with Crippen LogP contribution in [-0.2, 0) is 0 Å². The smallest absolute Gasteiger partial charge is 0.0868 e. The second-order valence-electron chi connectivity index (χ2n) is 5.71. The molecule has 1 aromatic carbocycles. The van der Waals surface area contributed by atoms with Gasteiger partial charge in [0.15, 0.2) is 0 Å². The molecule has 0 spiro atoms. The van der Waals surface area contributed by atoms with Crippen LogP contribution in [0.5, 0.6) is 0 Å². The Kier molecular flexibility index (Phi) is 4.69. The van der Waals surface area contributed by atoms with Gasteiger partial charge in [0.1, 0.15) is 0 Å². The summed E-state index contributed by atoms with van der Waals surface area (Å²) in [5.41, 5.74) is 6.02. The van der Waals surface area contributed by atoms with Gasteiger partial charge in [0.05, 0.1) is 5.52 Å². The fourth-order valence-corrected chi connectivity index (χ4v) is 3.40. The molecule has 0 atom stereocenters. The summed E-state index contributed by atoms with van der Waals surface area (Å²) in [5.74, 6) is 0.463. The van der Waals surface area contributed by atoms with Crippen molar-refractivity contribution in [2.24, 2.45) is 0 Å². The van der Waals surface area contributed by atoms with Crippen molar-refractivity contribution >= 4 is 32.5 Å². The van der Waals surface area contributed by atoms with Crippen LogP contribution in [0.15, 0.2) is 16.6 Å². The Hall–Kier alpha value is -1.09. The number of rotatable bonds is 4. The zero-order chi connectivity index (χ0) is 14.9. The number of hydrogen-bond acceptors (Lipinski definition) is 2.